The molecule has 1 unspecified atom stereocenters. The zero-order chi connectivity index (χ0) is 39.2. The second kappa shape index (κ2) is 12.9. The fraction of sp³-hybridized carbons (Fsp3) is 0.0877. The van der Waals surface area contributed by atoms with Crippen LogP contribution in [0.4, 0.5) is 11.4 Å². The van der Waals surface area contributed by atoms with Crippen molar-refractivity contribution in [3.05, 3.63) is 245 Å². The lowest BCUT2D eigenvalue weighted by molar-refractivity contribution is 0.381. The van der Waals surface area contributed by atoms with E-state index in [0.717, 1.165) is 40.6 Å². The maximum absolute atomic E-state index is 6.86. The summed E-state index contributed by atoms with van der Waals surface area (Å²) in [6.45, 7) is 4.53. The molecule has 2 heteroatoms. The minimum absolute atomic E-state index is 0.249. The zero-order valence-electron chi connectivity index (χ0n) is 33.1. The number of anilines is 2. The van der Waals surface area contributed by atoms with Crippen LogP contribution in [0.3, 0.4) is 0 Å². The van der Waals surface area contributed by atoms with Gasteiger partial charge in [-0.2, -0.15) is 0 Å². The standard InChI is InChI=1S/C57H41NO/c1-36-31-37(2)56-48(32-36)47-28-23-41(33-51(47)57(56)49-19-11-9-17-45(49)46-18-10-12-20-50(46)57)40-21-26-44(27-22-40)58-52-29-24-42(38-13-5-3-6-14-38)34-54(52)59-55-35-43(25-30-53(55)58)39-15-7-4-8-16-39/h3-34,43H,35H2,1-2H3. The first-order chi connectivity index (χ1) is 29.1. The molecule has 0 saturated heterocycles. The average Bonchev–Trinajstić information content (AvgIpc) is 3.75. The minimum atomic E-state index is -0.379. The van der Waals surface area contributed by atoms with Crippen molar-refractivity contribution >= 4 is 11.4 Å². The van der Waals surface area contributed by atoms with Gasteiger partial charge in [-0.3, -0.25) is 0 Å². The van der Waals surface area contributed by atoms with Gasteiger partial charge in [0.05, 0.1) is 16.8 Å². The maximum Gasteiger partial charge on any atom is 0.151 e. The normalized spacial score (nSPS) is 16.2. The lowest BCUT2D eigenvalue weighted by Crippen LogP contribution is -2.27. The van der Waals surface area contributed by atoms with Crippen LogP contribution in [0.25, 0.3) is 44.5 Å². The number of fused-ring (bicyclic) bond motifs is 11. The third-order valence-corrected chi connectivity index (χ3v) is 13.2. The Morgan fingerprint density at radius 2 is 1.14 bits per heavy atom. The molecule has 0 radical (unpaired) electrons. The Kier molecular flexibility index (Phi) is 7.43. The highest BCUT2D eigenvalue weighted by molar-refractivity contribution is 5.97. The molecule has 8 aromatic carbocycles. The summed E-state index contributed by atoms with van der Waals surface area (Å²) in [6.07, 6.45) is 5.39. The van der Waals surface area contributed by atoms with Crippen LogP contribution in [-0.2, 0) is 5.41 Å². The second-order valence-electron chi connectivity index (χ2n) is 16.5. The summed E-state index contributed by atoms with van der Waals surface area (Å²) in [5.74, 6) is 2.12. The van der Waals surface area contributed by atoms with E-state index in [1.54, 1.807) is 0 Å². The summed E-state index contributed by atoms with van der Waals surface area (Å²) >= 11 is 0. The van der Waals surface area contributed by atoms with Crippen molar-refractivity contribution < 1.29 is 4.74 Å². The van der Waals surface area contributed by atoms with Gasteiger partial charge in [-0.05, 0) is 128 Å². The predicted octanol–water partition coefficient (Wildman–Crippen LogP) is 14.5. The molecule has 0 N–H and O–H groups in total. The Balaban J connectivity index is 0.977. The molecule has 59 heavy (non-hydrogen) atoms. The summed E-state index contributed by atoms with van der Waals surface area (Å²) in [5.41, 5.74) is 22.4. The first-order valence-corrected chi connectivity index (χ1v) is 20.8. The highest BCUT2D eigenvalue weighted by Crippen LogP contribution is 2.64. The Bertz CT molecular complexity index is 3020. The third kappa shape index (κ3) is 4.99. The van der Waals surface area contributed by atoms with Crippen LogP contribution in [-0.4, -0.2) is 0 Å². The van der Waals surface area contributed by atoms with Crippen molar-refractivity contribution in [1.29, 1.82) is 0 Å². The molecule has 3 aliphatic carbocycles. The van der Waals surface area contributed by atoms with Crippen molar-refractivity contribution in [2.24, 2.45) is 0 Å². The molecular weight excluding hydrogens is 715 g/mol. The SMILES string of the molecule is Cc1cc(C)c2c(c1)-c1ccc(-c3ccc(N4C5=C(CC(c6ccccc6)C=C5)Oc5cc(-c6ccccc6)ccc54)cc3)cc1C21c2ccccc2-c2ccccc21. The molecule has 1 spiro atoms. The molecule has 0 fully saturated rings. The van der Waals surface area contributed by atoms with Gasteiger partial charge in [0, 0.05) is 18.0 Å². The summed E-state index contributed by atoms with van der Waals surface area (Å²) in [5, 5.41) is 0. The first-order valence-electron chi connectivity index (χ1n) is 20.8. The van der Waals surface area contributed by atoms with E-state index in [1.165, 1.54) is 77.9 Å². The van der Waals surface area contributed by atoms with E-state index >= 15 is 0 Å². The highest BCUT2D eigenvalue weighted by Gasteiger charge is 2.52. The van der Waals surface area contributed by atoms with E-state index in [2.05, 4.69) is 213 Å². The molecule has 0 aromatic heterocycles. The maximum atomic E-state index is 6.86. The molecule has 0 amide bonds. The number of rotatable bonds is 4. The number of aryl methyl sites for hydroxylation is 2. The third-order valence-electron chi connectivity index (χ3n) is 13.2. The molecule has 0 saturated carbocycles. The fourth-order valence-corrected chi connectivity index (χ4v) is 10.7. The van der Waals surface area contributed by atoms with Crippen molar-refractivity contribution in [1.82, 2.24) is 0 Å². The lowest BCUT2D eigenvalue weighted by Gasteiger charge is -2.37. The van der Waals surface area contributed by atoms with Crippen molar-refractivity contribution in [2.75, 3.05) is 4.90 Å². The number of allylic oxidation sites excluding steroid dienone is 3. The fourth-order valence-electron chi connectivity index (χ4n) is 10.7. The summed E-state index contributed by atoms with van der Waals surface area (Å²) in [6, 6.07) is 67.2. The topological polar surface area (TPSA) is 12.5 Å². The monoisotopic (exact) mass is 755 g/mol. The molecule has 8 aromatic rings. The van der Waals surface area contributed by atoms with E-state index in [0.29, 0.717) is 0 Å². The molecular formula is C57H41NO. The Morgan fingerprint density at radius 1 is 0.525 bits per heavy atom. The quantitative estimate of drug-likeness (QED) is 0.177. The molecule has 1 atom stereocenters. The summed E-state index contributed by atoms with van der Waals surface area (Å²) in [7, 11) is 0. The van der Waals surface area contributed by atoms with Gasteiger partial charge in [-0.1, -0.05) is 163 Å². The second-order valence-corrected chi connectivity index (χ2v) is 16.5. The molecule has 1 heterocycles. The molecule has 280 valence electrons. The summed E-state index contributed by atoms with van der Waals surface area (Å²) < 4.78 is 6.86. The summed E-state index contributed by atoms with van der Waals surface area (Å²) in [4.78, 5) is 2.39. The molecule has 2 nitrogen and oxygen atoms in total. The van der Waals surface area contributed by atoms with E-state index in [1.807, 2.05) is 0 Å². The van der Waals surface area contributed by atoms with E-state index in [-0.39, 0.29) is 11.3 Å². The smallest absolute Gasteiger partial charge is 0.151 e. The number of ether oxygens (including phenoxy) is 1. The van der Waals surface area contributed by atoms with E-state index < -0.39 is 0 Å². The van der Waals surface area contributed by atoms with Crippen molar-refractivity contribution in [2.45, 2.75) is 31.6 Å². The van der Waals surface area contributed by atoms with Crippen molar-refractivity contribution in [3.8, 4) is 50.3 Å². The van der Waals surface area contributed by atoms with Gasteiger partial charge >= 0.3 is 0 Å². The molecule has 4 aliphatic rings. The van der Waals surface area contributed by atoms with Crippen molar-refractivity contribution in [3.63, 3.8) is 0 Å². The molecule has 12 rings (SSSR count). The average molecular weight is 756 g/mol. The van der Waals surface area contributed by atoms with Crippen LogP contribution in [0.5, 0.6) is 5.75 Å². The molecule has 1 aliphatic heterocycles. The van der Waals surface area contributed by atoms with Crippen LogP contribution >= 0.6 is 0 Å². The number of hydrogen-bond donors (Lipinski definition) is 0. The van der Waals surface area contributed by atoms with E-state index in [9.17, 15) is 0 Å². The largest absolute Gasteiger partial charge is 0.457 e. The van der Waals surface area contributed by atoms with Crippen LogP contribution in [0.1, 0.15) is 51.3 Å². The Morgan fingerprint density at radius 3 is 1.88 bits per heavy atom. The number of nitrogens with zero attached hydrogens (tertiary/aromatic N) is 1. The van der Waals surface area contributed by atoms with Gasteiger partial charge in [0.1, 0.15) is 5.76 Å². The Hall–Kier alpha value is -7.16. The van der Waals surface area contributed by atoms with Gasteiger partial charge < -0.3 is 9.64 Å². The van der Waals surface area contributed by atoms with Gasteiger partial charge in [0.2, 0.25) is 0 Å². The van der Waals surface area contributed by atoms with Crippen LogP contribution in [0.2, 0.25) is 0 Å². The van der Waals surface area contributed by atoms with Crippen LogP contribution < -0.4 is 9.64 Å². The number of benzene rings is 8. The van der Waals surface area contributed by atoms with Gasteiger partial charge in [0.15, 0.2) is 5.75 Å². The molecule has 0 bridgehead atoms. The first kappa shape index (κ1) is 33.9. The van der Waals surface area contributed by atoms with Crippen LogP contribution in [0.15, 0.2) is 206 Å². The van der Waals surface area contributed by atoms with Gasteiger partial charge in [-0.15, -0.1) is 0 Å². The lowest BCUT2D eigenvalue weighted by atomic mass is 9.69. The van der Waals surface area contributed by atoms with Crippen LogP contribution in [0, 0.1) is 13.8 Å². The number of hydrogen-bond acceptors (Lipinski definition) is 2. The highest BCUT2D eigenvalue weighted by atomic mass is 16.5. The Labute approximate surface area is 346 Å². The minimum Gasteiger partial charge on any atom is -0.457 e. The zero-order valence-corrected chi connectivity index (χ0v) is 33.1. The predicted molar refractivity (Wildman–Crippen MR) is 242 cm³/mol. The van der Waals surface area contributed by atoms with E-state index in [4.69, 9.17) is 4.74 Å². The van der Waals surface area contributed by atoms with Gasteiger partial charge in [0.25, 0.3) is 0 Å². The van der Waals surface area contributed by atoms with Gasteiger partial charge in [-0.25, -0.2) is 0 Å².